The average molecular weight is 273 g/mol. The summed E-state index contributed by atoms with van der Waals surface area (Å²) in [5.74, 6) is 0. The van der Waals surface area contributed by atoms with Crippen molar-refractivity contribution in [2.45, 2.75) is 2.65 Å². The van der Waals surface area contributed by atoms with E-state index < -0.39 is 0 Å². The van der Waals surface area contributed by atoms with Crippen molar-refractivity contribution in [1.82, 2.24) is 0 Å². The molecule has 0 N–H and O–H groups in total. The lowest BCUT2D eigenvalue weighted by Gasteiger charge is -1.70. The fourth-order valence-corrected chi connectivity index (χ4v) is 0. The second-order valence-electron chi connectivity index (χ2n) is 0.247. The highest BCUT2D eigenvalue weighted by atomic mass is 80.0. The van der Waals surface area contributed by atoms with E-state index in [2.05, 4.69) is 47.8 Å². The lowest BCUT2D eigenvalue weighted by molar-refractivity contribution is 1.11. The van der Waals surface area contributed by atoms with Gasteiger partial charge in [-0.1, -0.05) is 47.8 Å². The SMILES string of the molecule is BrC(Br)Br.F. The Morgan fingerprint density at radius 3 is 1.00 bits per heavy atom. The number of alkyl halides is 3. The van der Waals surface area contributed by atoms with Crippen LogP contribution in [0.5, 0.6) is 0 Å². The van der Waals surface area contributed by atoms with Crippen molar-refractivity contribution in [3.8, 4) is 0 Å². The number of rotatable bonds is 0. The normalized spacial score (nSPS) is 7.20. The summed E-state index contributed by atoms with van der Waals surface area (Å²) in [5.41, 5.74) is 0. The van der Waals surface area contributed by atoms with Gasteiger partial charge in [-0.15, -0.1) is 0 Å². The number of hydrogen-bond acceptors (Lipinski definition) is 0. The Hall–Kier alpha value is 1.37. The Morgan fingerprint density at radius 2 is 1.00 bits per heavy atom. The predicted octanol–water partition coefficient (Wildman–Crippen LogP) is 2.61. The fourth-order valence-electron chi connectivity index (χ4n) is 0. The molecule has 0 amide bonds. The maximum absolute atomic E-state index is 3.10. The molecule has 0 aliphatic heterocycles. The van der Waals surface area contributed by atoms with Crippen LogP contribution in [0.15, 0.2) is 0 Å². The minimum atomic E-state index is 0. The summed E-state index contributed by atoms with van der Waals surface area (Å²) < 4.78 is 0.271. The molecule has 0 rings (SSSR count). The van der Waals surface area contributed by atoms with Crippen LogP contribution >= 0.6 is 47.8 Å². The summed E-state index contributed by atoms with van der Waals surface area (Å²) in [5, 5.41) is 0. The molecule has 34 valence electrons. The Morgan fingerprint density at radius 1 is 1.00 bits per heavy atom. The van der Waals surface area contributed by atoms with Crippen molar-refractivity contribution >= 4 is 47.8 Å². The Labute approximate surface area is 55.1 Å². The summed E-state index contributed by atoms with van der Waals surface area (Å²) in [6.07, 6.45) is 0. The van der Waals surface area contributed by atoms with Crippen molar-refractivity contribution in [3.63, 3.8) is 0 Å². The molecule has 0 atom stereocenters. The van der Waals surface area contributed by atoms with E-state index in [1.54, 1.807) is 0 Å². The smallest absolute Gasteiger partial charge is 0.124 e. The van der Waals surface area contributed by atoms with Gasteiger partial charge in [0, 0.05) is 0 Å². The largest absolute Gasteiger partial charge is 0.269 e. The molecule has 5 heavy (non-hydrogen) atoms. The van der Waals surface area contributed by atoms with Gasteiger partial charge in [0.2, 0.25) is 0 Å². The molecule has 0 aromatic rings. The predicted molar refractivity (Wildman–Crippen MR) is 33.1 cm³/mol. The lowest BCUT2D eigenvalue weighted by atomic mass is 12.0. The quantitative estimate of drug-likeness (QED) is 0.595. The first kappa shape index (κ1) is 9.62. The first-order chi connectivity index (χ1) is 1.73. The second-order valence-corrected chi connectivity index (χ2v) is 6.68. The molecular weight excluding hydrogens is 271 g/mol. The van der Waals surface area contributed by atoms with Crippen LogP contribution in [0.4, 0.5) is 4.70 Å². The van der Waals surface area contributed by atoms with E-state index in [1.807, 2.05) is 0 Å². The van der Waals surface area contributed by atoms with E-state index in [1.165, 1.54) is 0 Å². The van der Waals surface area contributed by atoms with Crippen LogP contribution in [-0.4, -0.2) is 2.65 Å². The van der Waals surface area contributed by atoms with Crippen LogP contribution in [0, 0.1) is 0 Å². The third-order valence-electron chi connectivity index (χ3n) is 0. The van der Waals surface area contributed by atoms with Gasteiger partial charge in [-0.2, -0.15) is 0 Å². The van der Waals surface area contributed by atoms with E-state index in [0.717, 1.165) is 0 Å². The third kappa shape index (κ3) is 32.5. The molecule has 0 saturated heterocycles. The van der Waals surface area contributed by atoms with Crippen LogP contribution in [0.3, 0.4) is 0 Å². The van der Waals surface area contributed by atoms with Gasteiger partial charge in [0.1, 0.15) is 2.65 Å². The zero-order chi connectivity index (χ0) is 3.58. The first-order valence-electron chi connectivity index (χ1n) is 0.655. The van der Waals surface area contributed by atoms with Gasteiger partial charge in [-0.25, -0.2) is 0 Å². The van der Waals surface area contributed by atoms with Gasteiger partial charge in [0.25, 0.3) is 0 Å². The Bertz CT molecular complexity index is 11.6. The standard InChI is InChI=1S/CHBr3.FH/c2-1(3)4;/h1H;1H. The van der Waals surface area contributed by atoms with Crippen molar-refractivity contribution in [2.24, 2.45) is 0 Å². The van der Waals surface area contributed by atoms with Gasteiger partial charge in [0.05, 0.1) is 0 Å². The van der Waals surface area contributed by atoms with E-state index in [-0.39, 0.29) is 7.35 Å². The van der Waals surface area contributed by atoms with Crippen molar-refractivity contribution < 1.29 is 4.70 Å². The van der Waals surface area contributed by atoms with Gasteiger partial charge in [0.15, 0.2) is 0 Å². The molecular formula is CH2Br3F. The summed E-state index contributed by atoms with van der Waals surface area (Å²) in [7, 11) is 0. The highest BCUT2D eigenvalue weighted by molar-refractivity contribution is 9.38. The van der Waals surface area contributed by atoms with Crippen LogP contribution < -0.4 is 0 Å². The molecule has 4 heteroatoms. The molecule has 0 unspecified atom stereocenters. The molecule has 0 nitrogen and oxygen atoms in total. The zero-order valence-electron chi connectivity index (χ0n) is 2.12. The van der Waals surface area contributed by atoms with Gasteiger partial charge in [-0.3, -0.25) is 4.70 Å². The van der Waals surface area contributed by atoms with E-state index in [4.69, 9.17) is 0 Å². The second kappa shape index (κ2) is 5.37. The molecule has 0 spiro atoms. The highest BCUT2D eigenvalue weighted by Gasteiger charge is 1.77. The van der Waals surface area contributed by atoms with Gasteiger partial charge < -0.3 is 0 Å². The molecule has 0 heterocycles. The molecule has 0 aliphatic rings. The highest BCUT2D eigenvalue weighted by Crippen LogP contribution is 2.13. The molecule has 0 aromatic carbocycles. The molecule has 0 aliphatic carbocycles. The van der Waals surface area contributed by atoms with E-state index in [9.17, 15) is 0 Å². The number of hydrogen-bond donors (Lipinski definition) is 0. The van der Waals surface area contributed by atoms with E-state index in [0.29, 0.717) is 0 Å². The van der Waals surface area contributed by atoms with Gasteiger partial charge >= 0.3 is 0 Å². The minimum absolute atomic E-state index is 0. The number of halogens is 4. The van der Waals surface area contributed by atoms with Crippen molar-refractivity contribution in [2.75, 3.05) is 0 Å². The maximum Gasteiger partial charge on any atom is 0.124 e. The minimum Gasteiger partial charge on any atom is -0.269 e. The monoisotopic (exact) mass is 270 g/mol. The lowest BCUT2D eigenvalue weighted by Crippen LogP contribution is -1.49. The summed E-state index contributed by atoms with van der Waals surface area (Å²) in [6, 6.07) is 0. The summed E-state index contributed by atoms with van der Waals surface area (Å²) in [4.78, 5) is 0. The summed E-state index contributed by atoms with van der Waals surface area (Å²) >= 11 is 9.31. The van der Waals surface area contributed by atoms with Gasteiger partial charge in [-0.05, 0) is 0 Å². The van der Waals surface area contributed by atoms with Crippen molar-refractivity contribution in [3.05, 3.63) is 0 Å². The fraction of sp³-hybridized carbons (Fsp3) is 1.00. The Balaban J connectivity index is 0. The maximum atomic E-state index is 3.10. The molecule has 0 aromatic heterocycles. The third-order valence-corrected chi connectivity index (χ3v) is 0. The van der Waals surface area contributed by atoms with Crippen LogP contribution in [0.2, 0.25) is 0 Å². The molecule has 0 fully saturated rings. The molecule has 0 radical (unpaired) electrons. The van der Waals surface area contributed by atoms with Crippen LogP contribution in [-0.2, 0) is 0 Å². The van der Waals surface area contributed by atoms with Crippen LogP contribution in [0.1, 0.15) is 0 Å². The molecule has 0 saturated carbocycles. The topological polar surface area (TPSA) is 0 Å². The average Bonchev–Trinajstić information content (AvgIpc) is 0.811. The first-order valence-corrected chi connectivity index (χ1v) is 3.40. The Kier molecular flexibility index (Phi) is 10.3. The summed E-state index contributed by atoms with van der Waals surface area (Å²) in [6.45, 7) is 0. The van der Waals surface area contributed by atoms with E-state index >= 15 is 0 Å². The van der Waals surface area contributed by atoms with Crippen molar-refractivity contribution in [1.29, 1.82) is 0 Å². The zero-order valence-corrected chi connectivity index (χ0v) is 6.88. The van der Waals surface area contributed by atoms with Crippen LogP contribution in [0.25, 0.3) is 0 Å². The molecule has 0 bridgehead atoms.